The van der Waals surface area contributed by atoms with E-state index in [1.54, 1.807) is 0 Å². The van der Waals surface area contributed by atoms with Gasteiger partial charge in [-0.1, -0.05) is 12.1 Å². The topological polar surface area (TPSA) is 82.8 Å². The maximum Gasteiger partial charge on any atom is 0.407 e. The summed E-state index contributed by atoms with van der Waals surface area (Å²) in [7, 11) is 0. The minimum absolute atomic E-state index is 0.0547. The third-order valence-electron chi connectivity index (χ3n) is 3.27. The van der Waals surface area contributed by atoms with Crippen LogP contribution in [0.1, 0.15) is 20.8 Å². The normalized spacial score (nSPS) is 18.5. The van der Waals surface area contributed by atoms with Gasteiger partial charge in [0.2, 0.25) is 0 Å². The third-order valence-corrected chi connectivity index (χ3v) is 3.27. The number of amides is 1. The fraction of sp³-hybridized carbons (Fsp3) is 0.562. The highest BCUT2D eigenvalue weighted by Crippen LogP contribution is 2.32. The van der Waals surface area contributed by atoms with Crippen LogP contribution in [0, 0.1) is 5.92 Å². The molecule has 1 aromatic rings. The molecule has 6 heteroatoms. The lowest BCUT2D eigenvalue weighted by molar-refractivity contribution is 0.0386. The van der Waals surface area contributed by atoms with Crippen LogP contribution in [-0.4, -0.2) is 37.5 Å². The molecule has 0 fully saturated rings. The van der Waals surface area contributed by atoms with Crippen LogP contribution in [0.3, 0.4) is 0 Å². The lowest BCUT2D eigenvalue weighted by atomic mass is 10.0. The number of carbonyl (C=O) groups excluding carboxylic acids is 1. The SMILES string of the molecule is CC(C)(C)OC(=O)NCC(CN)C1COc2ccccc2O1. The van der Waals surface area contributed by atoms with Crippen molar-refractivity contribution in [3.63, 3.8) is 0 Å². The number of fused-ring (bicyclic) bond motifs is 1. The Labute approximate surface area is 130 Å². The molecule has 0 aliphatic carbocycles. The monoisotopic (exact) mass is 308 g/mol. The van der Waals surface area contributed by atoms with Crippen molar-refractivity contribution in [1.29, 1.82) is 0 Å². The Hall–Kier alpha value is -1.95. The summed E-state index contributed by atoms with van der Waals surface area (Å²) in [4.78, 5) is 11.7. The fourth-order valence-electron chi connectivity index (χ4n) is 2.16. The second-order valence-electron chi connectivity index (χ2n) is 6.29. The zero-order valence-electron chi connectivity index (χ0n) is 13.3. The van der Waals surface area contributed by atoms with Crippen LogP contribution in [0.25, 0.3) is 0 Å². The molecular formula is C16H24N2O4. The van der Waals surface area contributed by atoms with E-state index in [1.165, 1.54) is 0 Å². The van der Waals surface area contributed by atoms with Gasteiger partial charge in [0.1, 0.15) is 18.3 Å². The Balaban J connectivity index is 1.89. The van der Waals surface area contributed by atoms with E-state index in [4.69, 9.17) is 19.9 Å². The molecule has 3 N–H and O–H groups in total. The van der Waals surface area contributed by atoms with Gasteiger partial charge in [0.15, 0.2) is 11.5 Å². The smallest absolute Gasteiger partial charge is 0.407 e. The Morgan fingerprint density at radius 1 is 1.41 bits per heavy atom. The van der Waals surface area contributed by atoms with Gasteiger partial charge in [0, 0.05) is 19.0 Å². The maximum atomic E-state index is 11.7. The molecule has 1 aliphatic heterocycles. The Bertz CT molecular complexity index is 513. The molecule has 1 heterocycles. The highest BCUT2D eigenvalue weighted by atomic mass is 16.6. The van der Waals surface area contributed by atoms with Gasteiger partial charge in [-0.2, -0.15) is 0 Å². The van der Waals surface area contributed by atoms with Gasteiger partial charge < -0.3 is 25.3 Å². The minimum Gasteiger partial charge on any atom is -0.486 e. The zero-order chi connectivity index (χ0) is 16.2. The van der Waals surface area contributed by atoms with E-state index in [0.717, 1.165) is 5.75 Å². The summed E-state index contributed by atoms with van der Waals surface area (Å²) in [5.41, 5.74) is 5.29. The number of benzene rings is 1. The molecule has 1 aromatic carbocycles. The average molecular weight is 308 g/mol. The first kappa shape index (κ1) is 16.4. The lowest BCUT2D eigenvalue weighted by Crippen LogP contribution is -2.46. The second kappa shape index (κ2) is 6.87. The van der Waals surface area contributed by atoms with Crippen LogP contribution in [-0.2, 0) is 4.74 Å². The van der Waals surface area contributed by atoms with E-state index < -0.39 is 11.7 Å². The van der Waals surface area contributed by atoms with Crippen LogP contribution in [0.2, 0.25) is 0 Å². The van der Waals surface area contributed by atoms with Crippen molar-refractivity contribution in [2.24, 2.45) is 11.7 Å². The van der Waals surface area contributed by atoms with Crippen molar-refractivity contribution >= 4 is 6.09 Å². The molecule has 2 atom stereocenters. The predicted octanol–water partition coefficient (Wildman–Crippen LogP) is 1.93. The van der Waals surface area contributed by atoms with Gasteiger partial charge in [-0.3, -0.25) is 0 Å². The van der Waals surface area contributed by atoms with Crippen LogP contribution in [0.5, 0.6) is 11.5 Å². The second-order valence-corrected chi connectivity index (χ2v) is 6.29. The Kier molecular flexibility index (Phi) is 5.13. The largest absolute Gasteiger partial charge is 0.486 e. The third kappa shape index (κ3) is 4.53. The van der Waals surface area contributed by atoms with Crippen molar-refractivity contribution in [2.75, 3.05) is 19.7 Å². The predicted molar refractivity (Wildman–Crippen MR) is 83.1 cm³/mol. The van der Waals surface area contributed by atoms with Crippen molar-refractivity contribution < 1.29 is 19.0 Å². The van der Waals surface area contributed by atoms with E-state index in [1.807, 2.05) is 45.0 Å². The molecule has 1 amide bonds. The van der Waals surface area contributed by atoms with Gasteiger partial charge in [-0.25, -0.2) is 4.79 Å². The molecule has 2 rings (SSSR count). The molecule has 2 unspecified atom stereocenters. The Morgan fingerprint density at radius 3 is 2.73 bits per heavy atom. The molecule has 0 saturated carbocycles. The number of hydrogen-bond donors (Lipinski definition) is 2. The van der Waals surface area contributed by atoms with E-state index in [9.17, 15) is 4.79 Å². The number of ether oxygens (including phenoxy) is 3. The molecule has 6 nitrogen and oxygen atoms in total. The highest BCUT2D eigenvalue weighted by molar-refractivity contribution is 5.67. The van der Waals surface area contributed by atoms with E-state index in [2.05, 4.69) is 5.32 Å². The van der Waals surface area contributed by atoms with Crippen LogP contribution >= 0.6 is 0 Å². The van der Waals surface area contributed by atoms with Gasteiger partial charge in [-0.05, 0) is 32.9 Å². The molecule has 0 saturated heterocycles. The number of carbonyl (C=O) groups is 1. The maximum absolute atomic E-state index is 11.7. The first-order valence-corrected chi connectivity index (χ1v) is 7.44. The summed E-state index contributed by atoms with van der Waals surface area (Å²) in [5, 5.41) is 2.73. The molecule has 1 aliphatic rings. The molecule has 22 heavy (non-hydrogen) atoms. The quantitative estimate of drug-likeness (QED) is 0.888. The van der Waals surface area contributed by atoms with E-state index in [-0.39, 0.29) is 12.0 Å². The summed E-state index contributed by atoms with van der Waals surface area (Å²) >= 11 is 0. The number of hydrogen-bond acceptors (Lipinski definition) is 5. The van der Waals surface area contributed by atoms with E-state index >= 15 is 0 Å². The summed E-state index contributed by atoms with van der Waals surface area (Å²) in [6.45, 7) is 6.63. The first-order valence-electron chi connectivity index (χ1n) is 7.44. The van der Waals surface area contributed by atoms with Crippen molar-refractivity contribution in [2.45, 2.75) is 32.5 Å². The lowest BCUT2D eigenvalue weighted by Gasteiger charge is -2.31. The number of para-hydroxylation sites is 2. The molecule has 0 spiro atoms. The molecule has 0 bridgehead atoms. The van der Waals surface area contributed by atoms with Crippen molar-refractivity contribution in [3.05, 3.63) is 24.3 Å². The van der Waals surface area contributed by atoms with Gasteiger partial charge in [-0.15, -0.1) is 0 Å². The number of nitrogens with one attached hydrogen (secondary N) is 1. The summed E-state index contributed by atoms with van der Waals surface area (Å²) in [6.07, 6.45) is -0.655. The molecular weight excluding hydrogens is 284 g/mol. The highest BCUT2D eigenvalue weighted by Gasteiger charge is 2.29. The van der Waals surface area contributed by atoms with Crippen molar-refractivity contribution in [1.82, 2.24) is 5.32 Å². The molecule has 0 radical (unpaired) electrons. The van der Waals surface area contributed by atoms with Crippen molar-refractivity contribution in [3.8, 4) is 11.5 Å². The summed E-state index contributed by atoms with van der Waals surface area (Å²) in [6, 6.07) is 7.51. The van der Waals surface area contributed by atoms with E-state index in [0.29, 0.717) is 25.4 Å². The van der Waals surface area contributed by atoms with Gasteiger partial charge >= 0.3 is 6.09 Å². The first-order chi connectivity index (χ1) is 10.4. The Morgan fingerprint density at radius 2 is 2.09 bits per heavy atom. The van der Waals surface area contributed by atoms with Crippen LogP contribution in [0.15, 0.2) is 24.3 Å². The average Bonchev–Trinajstić information content (AvgIpc) is 2.46. The van der Waals surface area contributed by atoms with Crippen LogP contribution in [0.4, 0.5) is 4.79 Å². The summed E-state index contributed by atoms with van der Waals surface area (Å²) in [5.74, 6) is 1.38. The fourth-order valence-corrected chi connectivity index (χ4v) is 2.16. The molecule has 122 valence electrons. The zero-order valence-corrected chi connectivity index (χ0v) is 13.3. The van der Waals surface area contributed by atoms with Crippen LogP contribution < -0.4 is 20.5 Å². The standard InChI is InChI=1S/C16H24N2O4/c1-16(2,3)22-15(19)18-9-11(8-17)14-10-20-12-6-4-5-7-13(12)21-14/h4-7,11,14H,8-10,17H2,1-3H3,(H,18,19). The number of alkyl carbamates (subject to hydrolysis) is 1. The number of nitrogens with two attached hydrogens (primary N) is 1. The minimum atomic E-state index is -0.522. The molecule has 0 aromatic heterocycles. The van der Waals surface area contributed by atoms with Gasteiger partial charge in [0.05, 0.1) is 0 Å². The number of rotatable bonds is 4. The van der Waals surface area contributed by atoms with Gasteiger partial charge in [0.25, 0.3) is 0 Å². The summed E-state index contributed by atoms with van der Waals surface area (Å²) < 4.78 is 16.8.